The topological polar surface area (TPSA) is 73.9 Å². The summed E-state index contributed by atoms with van der Waals surface area (Å²) in [4.78, 5) is 24.3. The fourth-order valence-corrected chi connectivity index (χ4v) is 3.31. The fraction of sp³-hybridized carbons (Fsp3) is 0.304. The molecular formula is C23H25NO5. The summed E-state index contributed by atoms with van der Waals surface area (Å²) in [7, 11) is 0. The highest BCUT2D eigenvalue weighted by Crippen LogP contribution is 2.41. The molecular weight excluding hydrogens is 370 g/mol. The first-order chi connectivity index (χ1) is 13.8. The van der Waals surface area contributed by atoms with Gasteiger partial charge in [0.15, 0.2) is 0 Å². The Kier molecular flexibility index (Phi) is 5.92. The van der Waals surface area contributed by atoms with E-state index in [2.05, 4.69) is 5.32 Å². The number of fused-ring (bicyclic) bond motifs is 1. The number of ether oxygens (including phenoxy) is 3. The van der Waals surface area contributed by atoms with E-state index in [-0.39, 0.29) is 18.5 Å². The average molecular weight is 395 g/mol. The summed E-state index contributed by atoms with van der Waals surface area (Å²) in [5.41, 5.74) is 4.39. The molecule has 2 aromatic rings. The van der Waals surface area contributed by atoms with Crippen molar-refractivity contribution >= 4 is 23.6 Å². The number of carbonyl (C=O) groups excluding carboxylic acids is 2. The molecule has 0 unspecified atom stereocenters. The summed E-state index contributed by atoms with van der Waals surface area (Å²) >= 11 is 0. The van der Waals surface area contributed by atoms with Crippen LogP contribution in [0.4, 0.5) is 5.69 Å². The Morgan fingerprint density at radius 2 is 1.90 bits per heavy atom. The fourth-order valence-electron chi connectivity index (χ4n) is 3.31. The lowest BCUT2D eigenvalue weighted by atomic mass is 9.94. The van der Waals surface area contributed by atoms with Crippen molar-refractivity contribution < 1.29 is 23.8 Å². The summed E-state index contributed by atoms with van der Waals surface area (Å²) in [6.07, 6.45) is 1.80. The molecule has 1 aliphatic rings. The maximum Gasteiger partial charge on any atom is 0.308 e. The van der Waals surface area contributed by atoms with E-state index in [9.17, 15) is 9.59 Å². The van der Waals surface area contributed by atoms with Gasteiger partial charge in [-0.25, -0.2) is 0 Å². The van der Waals surface area contributed by atoms with E-state index in [0.717, 1.165) is 22.3 Å². The summed E-state index contributed by atoms with van der Waals surface area (Å²) in [5, 5.41) is 2.88. The first-order valence-electron chi connectivity index (χ1n) is 9.51. The molecule has 1 aliphatic heterocycles. The molecule has 0 fully saturated rings. The zero-order chi connectivity index (χ0) is 21.1. The van der Waals surface area contributed by atoms with Crippen molar-refractivity contribution in [1.82, 2.24) is 0 Å². The lowest BCUT2D eigenvalue weighted by Gasteiger charge is -2.24. The average Bonchev–Trinajstić information content (AvgIpc) is 2.69. The molecule has 0 aromatic heterocycles. The van der Waals surface area contributed by atoms with Crippen LogP contribution in [0.25, 0.3) is 6.08 Å². The summed E-state index contributed by atoms with van der Waals surface area (Å²) in [5.74, 6) is 1.28. The molecule has 0 saturated carbocycles. The second-order valence-electron chi connectivity index (χ2n) is 6.91. The second-order valence-corrected chi connectivity index (χ2v) is 6.91. The highest BCUT2D eigenvalue weighted by molar-refractivity contribution is 6.08. The summed E-state index contributed by atoms with van der Waals surface area (Å²) in [6, 6.07) is 7.24. The molecule has 1 N–H and O–H groups in total. The highest BCUT2D eigenvalue weighted by Gasteiger charge is 2.25. The third-order valence-electron chi connectivity index (χ3n) is 4.86. The van der Waals surface area contributed by atoms with Crippen molar-refractivity contribution in [3.63, 3.8) is 0 Å². The van der Waals surface area contributed by atoms with Crippen LogP contribution in [-0.4, -0.2) is 25.1 Å². The molecule has 0 saturated heterocycles. The highest BCUT2D eigenvalue weighted by atomic mass is 16.5. The van der Waals surface area contributed by atoms with Crippen LogP contribution < -0.4 is 19.5 Å². The molecule has 152 valence electrons. The minimum atomic E-state index is -0.386. The number of benzene rings is 2. The van der Waals surface area contributed by atoms with Gasteiger partial charge in [-0.3, -0.25) is 9.59 Å². The number of nitrogens with one attached hydrogen (secondary N) is 1. The first-order valence-corrected chi connectivity index (χ1v) is 9.51. The van der Waals surface area contributed by atoms with E-state index < -0.39 is 0 Å². The Labute approximate surface area is 170 Å². The van der Waals surface area contributed by atoms with Gasteiger partial charge >= 0.3 is 5.97 Å². The Balaban J connectivity index is 1.92. The maximum atomic E-state index is 12.8. The number of anilines is 1. The number of esters is 1. The predicted octanol–water partition coefficient (Wildman–Crippen LogP) is 4.35. The van der Waals surface area contributed by atoms with E-state index in [1.807, 2.05) is 39.8 Å². The normalized spacial score (nSPS) is 12.4. The smallest absolute Gasteiger partial charge is 0.308 e. The van der Waals surface area contributed by atoms with Crippen LogP contribution in [0, 0.1) is 20.8 Å². The maximum absolute atomic E-state index is 12.8. The molecule has 3 rings (SSSR count). The molecule has 0 atom stereocenters. The molecule has 2 aromatic carbocycles. The predicted molar refractivity (Wildman–Crippen MR) is 112 cm³/mol. The Bertz CT molecular complexity index is 1010. The van der Waals surface area contributed by atoms with Crippen molar-refractivity contribution in [2.75, 3.05) is 18.5 Å². The van der Waals surface area contributed by atoms with Crippen LogP contribution in [0.3, 0.4) is 0 Å². The van der Waals surface area contributed by atoms with E-state index >= 15 is 0 Å². The van der Waals surface area contributed by atoms with Gasteiger partial charge in [-0.1, -0.05) is 6.07 Å². The molecule has 6 heteroatoms. The third-order valence-corrected chi connectivity index (χ3v) is 4.86. The molecule has 0 bridgehead atoms. The lowest BCUT2D eigenvalue weighted by Crippen LogP contribution is -2.22. The molecule has 0 spiro atoms. The van der Waals surface area contributed by atoms with Gasteiger partial charge in [0.2, 0.25) is 0 Å². The van der Waals surface area contributed by atoms with E-state index in [4.69, 9.17) is 14.2 Å². The van der Waals surface area contributed by atoms with Gasteiger partial charge in [0, 0.05) is 29.8 Å². The number of hydrogen-bond acceptors (Lipinski definition) is 5. The summed E-state index contributed by atoms with van der Waals surface area (Å²) < 4.78 is 16.8. The third kappa shape index (κ3) is 4.26. The standard InChI is InChI=1S/C23H25NO5/c1-6-27-19-9-7-8-18(11-19)24-23(26)17-10-20-15(4)21(29-16(5)25)13(2)14(3)22(20)28-12-17/h7-11H,6,12H2,1-5H3,(H,24,26). The molecule has 0 radical (unpaired) electrons. The van der Waals surface area contributed by atoms with Gasteiger partial charge in [-0.15, -0.1) is 0 Å². The van der Waals surface area contributed by atoms with Gasteiger partial charge in [0.05, 0.1) is 12.2 Å². The minimum Gasteiger partial charge on any atom is -0.494 e. The van der Waals surface area contributed by atoms with Crippen LogP contribution in [0.2, 0.25) is 0 Å². The molecule has 1 amide bonds. The quantitative estimate of drug-likeness (QED) is 0.602. The van der Waals surface area contributed by atoms with E-state index in [0.29, 0.717) is 35.1 Å². The Morgan fingerprint density at radius 1 is 1.14 bits per heavy atom. The van der Waals surface area contributed by atoms with Gasteiger partial charge in [-0.05, 0) is 57.0 Å². The van der Waals surface area contributed by atoms with Crippen LogP contribution >= 0.6 is 0 Å². The summed E-state index contributed by atoms with van der Waals surface area (Å²) in [6.45, 7) is 9.65. The van der Waals surface area contributed by atoms with Crippen LogP contribution in [-0.2, 0) is 9.59 Å². The van der Waals surface area contributed by atoms with E-state index in [1.54, 1.807) is 18.2 Å². The Hall–Kier alpha value is -3.28. The van der Waals surface area contributed by atoms with Crippen molar-refractivity contribution in [3.05, 3.63) is 52.1 Å². The first kappa shape index (κ1) is 20.5. The molecule has 29 heavy (non-hydrogen) atoms. The largest absolute Gasteiger partial charge is 0.494 e. The van der Waals surface area contributed by atoms with Gasteiger partial charge in [-0.2, -0.15) is 0 Å². The van der Waals surface area contributed by atoms with Crippen molar-refractivity contribution in [1.29, 1.82) is 0 Å². The van der Waals surface area contributed by atoms with Crippen molar-refractivity contribution in [3.8, 4) is 17.2 Å². The molecule has 1 heterocycles. The molecule has 6 nitrogen and oxygen atoms in total. The van der Waals surface area contributed by atoms with Crippen molar-refractivity contribution in [2.24, 2.45) is 0 Å². The zero-order valence-corrected chi connectivity index (χ0v) is 17.3. The molecule has 0 aliphatic carbocycles. The second kappa shape index (κ2) is 8.39. The number of carbonyl (C=O) groups is 2. The Morgan fingerprint density at radius 3 is 2.59 bits per heavy atom. The number of hydrogen-bond donors (Lipinski definition) is 1. The minimum absolute atomic E-state index is 0.163. The monoisotopic (exact) mass is 395 g/mol. The van der Waals surface area contributed by atoms with E-state index in [1.165, 1.54) is 6.92 Å². The SMILES string of the molecule is CCOc1cccc(NC(=O)C2=Cc3c(C)c(OC(C)=O)c(C)c(C)c3OC2)c1. The number of rotatable bonds is 5. The lowest BCUT2D eigenvalue weighted by molar-refractivity contribution is -0.132. The zero-order valence-electron chi connectivity index (χ0n) is 17.3. The van der Waals surface area contributed by atoms with Crippen LogP contribution in [0.15, 0.2) is 29.8 Å². The van der Waals surface area contributed by atoms with Gasteiger partial charge in [0.25, 0.3) is 5.91 Å². The van der Waals surface area contributed by atoms with Crippen molar-refractivity contribution in [2.45, 2.75) is 34.6 Å². The van der Waals surface area contributed by atoms with Crippen LogP contribution in [0.5, 0.6) is 17.2 Å². The van der Waals surface area contributed by atoms with Gasteiger partial charge in [0.1, 0.15) is 23.9 Å². The van der Waals surface area contributed by atoms with Gasteiger partial charge < -0.3 is 19.5 Å². The van der Waals surface area contributed by atoms with Crippen LogP contribution in [0.1, 0.15) is 36.1 Å². The number of amides is 1.